The predicted octanol–water partition coefficient (Wildman–Crippen LogP) is 2.48. The van der Waals surface area contributed by atoms with Gasteiger partial charge in [0.25, 0.3) is 5.91 Å². The Bertz CT molecular complexity index is 923. The molecule has 9 heteroatoms. The second-order valence-electron chi connectivity index (χ2n) is 7.23. The molecule has 1 aromatic carbocycles. The molecule has 1 saturated heterocycles. The summed E-state index contributed by atoms with van der Waals surface area (Å²) in [6, 6.07) is 5.49. The second-order valence-corrected chi connectivity index (χ2v) is 8.24. The molecule has 2 amide bonds. The lowest BCUT2D eigenvalue weighted by atomic mass is 9.91. The Morgan fingerprint density at radius 2 is 2.10 bits per heavy atom. The van der Waals surface area contributed by atoms with Crippen molar-refractivity contribution in [1.29, 1.82) is 0 Å². The van der Waals surface area contributed by atoms with Crippen molar-refractivity contribution < 1.29 is 19.1 Å². The number of nitrogens with zero attached hydrogens (tertiary/aromatic N) is 2. The highest BCUT2D eigenvalue weighted by molar-refractivity contribution is 7.16. The number of fused-ring (bicyclic) bond motifs is 1. The van der Waals surface area contributed by atoms with E-state index in [9.17, 15) is 9.59 Å². The van der Waals surface area contributed by atoms with Crippen LogP contribution in [0.4, 0.5) is 10.9 Å². The zero-order valence-corrected chi connectivity index (χ0v) is 17.1. The van der Waals surface area contributed by atoms with Crippen LogP contribution in [0.1, 0.15) is 42.0 Å². The van der Waals surface area contributed by atoms with E-state index in [0.717, 1.165) is 28.7 Å². The van der Waals surface area contributed by atoms with Gasteiger partial charge in [0.1, 0.15) is 5.82 Å². The van der Waals surface area contributed by atoms with Crippen LogP contribution in [0, 0.1) is 0 Å². The first-order valence-electron chi connectivity index (χ1n) is 9.69. The van der Waals surface area contributed by atoms with Crippen LogP contribution < -0.4 is 25.4 Å². The number of amides is 2. The average molecular weight is 417 g/mol. The van der Waals surface area contributed by atoms with E-state index < -0.39 is 5.91 Å². The van der Waals surface area contributed by atoms with Crippen molar-refractivity contribution >= 4 is 34.1 Å². The van der Waals surface area contributed by atoms with Crippen molar-refractivity contribution in [2.24, 2.45) is 5.73 Å². The minimum absolute atomic E-state index is 0.0500. The van der Waals surface area contributed by atoms with Gasteiger partial charge in [0.2, 0.25) is 5.91 Å². The minimum Gasteiger partial charge on any atom is -0.493 e. The minimum atomic E-state index is -0.556. The van der Waals surface area contributed by atoms with Crippen molar-refractivity contribution in [2.75, 3.05) is 37.0 Å². The summed E-state index contributed by atoms with van der Waals surface area (Å²) >= 11 is 1.65. The van der Waals surface area contributed by atoms with Gasteiger partial charge >= 0.3 is 0 Å². The number of anilines is 2. The maximum Gasteiger partial charge on any atom is 0.255 e. The molecule has 0 unspecified atom stereocenters. The molecule has 1 fully saturated rings. The zero-order valence-electron chi connectivity index (χ0n) is 16.3. The Labute approximate surface area is 173 Å². The Kier molecular flexibility index (Phi) is 5.57. The molecular formula is C20H24N4O4S. The van der Waals surface area contributed by atoms with E-state index in [1.807, 2.05) is 12.1 Å². The third kappa shape index (κ3) is 4.14. The fourth-order valence-corrected chi connectivity index (χ4v) is 4.97. The average Bonchev–Trinajstić information content (AvgIpc) is 3.16. The summed E-state index contributed by atoms with van der Waals surface area (Å²) in [4.78, 5) is 31.4. The highest BCUT2D eigenvalue weighted by Crippen LogP contribution is 2.45. The number of carbonyl (C=O) groups is 2. The number of thiazole rings is 1. The monoisotopic (exact) mass is 416 g/mol. The number of methoxy groups -OCH3 is 1. The fraction of sp³-hybridized carbons (Fsp3) is 0.450. The van der Waals surface area contributed by atoms with Gasteiger partial charge in [-0.1, -0.05) is 17.4 Å². The van der Waals surface area contributed by atoms with Crippen molar-refractivity contribution in [3.05, 3.63) is 28.6 Å². The molecule has 0 saturated carbocycles. The predicted molar refractivity (Wildman–Crippen MR) is 111 cm³/mol. The number of rotatable bonds is 6. The maximum absolute atomic E-state index is 12.3. The smallest absolute Gasteiger partial charge is 0.255 e. The molecule has 2 aliphatic rings. The van der Waals surface area contributed by atoms with Gasteiger partial charge in [-0.15, -0.1) is 0 Å². The van der Waals surface area contributed by atoms with E-state index in [4.69, 9.17) is 20.2 Å². The van der Waals surface area contributed by atoms with Gasteiger partial charge in [0.15, 0.2) is 23.2 Å². The first-order chi connectivity index (χ1) is 14.0. The summed E-state index contributed by atoms with van der Waals surface area (Å²) in [5.41, 5.74) is 6.09. The Hall–Kier alpha value is -2.81. The van der Waals surface area contributed by atoms with Crippen LogP contribution in [0.25, 0.3) is 0 Å². The summed E-state index contributed by atoms with van der Waals surface area (Å²) < 4.78 is 10.8. The third-order valence-corrected chi connectivity index (χ3v) is 6.42. The van der Waals surface area contributed by atoms with Gasteiger partial charge in [-0.25, -0.2) is 4.98 Å². The molecule has 0 spiro atoms. The molecule has 2 aromatic rings. The van der Waals surface area contributed by atoms with Crippen molar-refractivity contribution in [3.63, 3.8) is 0 Å². The van der Waals surface area contributed by atoms with Crippen LogP contribution in [0.3, 0.4) is 0 Å². The van der Waals surface area contributed by atoms with E-state index in [1.165, 1.54) is 26.4 Å². The molecule has 0 radical (unpaired) electrons. The number of hydrogen-bond acceptors (Lipinski definition) is 7. The van der Waals surface area contributed by atoms with Gasteiger partial charge in [-0.2, -0.15) is 0 Å². The molecule has 29 heavy (non-hydrogen) atoms. The molecule has 3 heterocycles. The topological polar surface area (TPSA) is 107 Å². The number of nitrogens with one attached hydrogen (secondary N) is 1. The van der Waals surface area contributed by atoms with E-state index >= 15 is 0 Å². The lowest BCUT2D eigenvalue weighted by Gasteiger charge is -2.25. The summed E-state index contributed by atoms with van der Waals surface area (Å²) in [5.74, 6) is 0.885. The van der Waals surface area contributed by atoms with Crippen LogP contribution >= 0.6 is 11.3 Å². The largest absolute Gasteiger partial charge is 0.493 e. The molecule has 0 aliphatic carbocycles. The molecule has 1 atom stereocenters. The number of hydrogen-bond donors (Lipinski definition) is 2. The van der Waals surface area contributed by atoms with Gasteiger partial charge in [-0.05, 0) is 37.0 Å². The van der Waals surface area contributed by atoms with Crippen molar-refractivity contribution in [1.82, 2.24) is 4.98 Å². The van der Waals surface area contributed by atoms with Crippen LogP contribution in [0.15, 0.2) is 18.2 Å². The summed E-state index contributed by atoms with van der Waals surface area (Å²) in [7, 11) is 1.54. The first kappa shape index (κ1) is 19.5. The van der Waals surface area contributed by atoms with Crippen LogP contribution in [0.2, 0.25) is 0 Å². The number of benzene rings is 1. The number of primary amides is 1. The summed E-state index contributed by atoms with van der Waals surface area (Å²) in [6.07, 6.45) is 3.94. The van der Waals surface area contributed by atoms with E-state index in [1.54, 1.807) is 17.4 Å². The van der Waals surface area contributed by atoms with Crippen molar-refractivity contribution in [2.45, 2.75) is 31.6 Å². The lowest BCUT2D eigenvalue weighted by molar-refractivity contribution is -0.120. The third-order valence-electron chi connectivity index (χ3n) is 5.19. The van der Waals surface area contributed by atoms with Crippen LogP contribution in [-0.2, 0) is 9.59 Å². The van der Waals surface area contributed by atoms with Crippen LogP contribution in [-0.4, -0.2) is 43.6 Å². The molecule has 4 rings (SSSR count). The van der Waals surface area contributed by atoms with Gasteiger partial charge in [0, 0.05) is 25.4 Å². The summed E-state index contributed by atoms with van der Waals surface area (Å²) in [6.45, 7) is 1.79. The number of ether oxygens (including phenoxy) is 2. The maximum atomic E-state index is 12.3. The molecule has 1 aromatic heterocycles. The molecule has 3 N–H and O–H groups in total. The highest BCUT2D eigenvalue weighted by atomic mass is 32.1. The molecule has 2 aliphatic heterocycles. The van der Waals surface area contributed by atoms with E-state index in [-0.39, 0.29) is 18.4 Å². The number of carbonyl (C=O) groups excluding carboxylic acids is 2. The standard InChI is InChI=1S/C20H24N4O4S/c1-27-15-9-12(5-6-14(15)28-11-16(21)25)13-10-17(26)22-19-18(13)29-20(23-19)24-7-3-2-4-8-24/h5-6,9,13H,2-4,7-8,10-11H2,1H3,(H2,21,25)(H,22,26)/t13-/m1/s1. The van der Waals surface area contributed by atoms with Crippen LogP contribution in [0.5, 0.6) is 11.5 Å². The molecule has 0 bridgehead atoms. The number of aromatic nitrogens is 1. The fourth-order valence-electron chi connectivity index (χ4n) is 3.77. The lowest BCUT2D eigenvalue weighted by Crippen LogP contribution is -2.29. The second kappa shape index (κ2) is 8.28. The van der Waals surface area contributed by atoms with E-state index in [0.29, 0.717) is 23.7 Å². The number of piperidine rings is 1. The summed E-state index contributed by atoms with van der Waals surface area (Å²) in [5, 5.41) is 3.89. The van der Waals surface area contributed by atoms with Gasteiger partial charge < -0.3 is 25.4 Å². The Morgan fingerprint density at radius 1 is 1.31 bits per heavy atom. The van der Waals surface area contributed by atoms with E-state index in [2.05, 4.69) is 10.2 Å². The molecule has 154 valence electrons. The number of nitrogens with two attached hydrogens (primary N) is 1. The van der Waals surface area contributed by atoms with Gasteiger partial charge in [-0.3, -0.25) is 9.59 Å². The first-order valence-corrected chi connectivity index (χ1v) is 10.5. The highest BCUT2D eigenvalue weighted by Gasteiger charge is 2.32. The SMILES string of the molecule is COc1cc([C@H]2CC(=O)Nc3nc(N4CCCCC4)sc32)ccc1OCC(N)=O. The van der Waals surface area contributed by atoms with Gasteiger partial charge in [0.05, 0.1) is 12.0 Å². The normalized spacial score (nSPS) is 18.7. The Balaban J connectivity index is 1.64. The molecular weight excluding hydrogens is 392 g/mol. The Morgan fingerprint density at radius 3 is 2.83 bits per heavy atom. The quantitative estimate of drug-likeness (QED) is 0.749. The van der Waals surface area contributed by atoms with Crippen molar-refractivity contribution in [3.8, 4) is 11.5 Å². The molecule has 8 nitrogen and oxygen atoms in total. The zero-order chi connectivity index (χ0) is 20.4.